The van der Waals surface area contributed by atoms with E-state index < -0.39 is 18.2 Å². The Labute approximate surface area is 208 Å². The lowest BCUT2D eigenvalue weighted by molar-refractivity contribution is -0.118. The van der Waals surface area contributed by atoms with Crippen LogP contribution in [0.2, 0.25) is 0 Å². The fraction of sp³-hybridized carbons (Fsp3) is 0.565. The summed E-state index contributed by atoms with van der Waals surface area (Å²) in [6.07, 6.45) is 1.76. The fourth-order valence-corrected chi connectivity index (χ4v) is 4.19. The topological polar surface area (TPSA) is 126 Å². The molecule has 10 heteroatoms. The van der Waals surface area contributed by atoms with Gasteiger partial charge in [0.15, 0.2) is 11.5 Å². The minimum absolute atomic E-state index is 0.133. The number of hydrogen-bond donors (Lipinski definition) is 4. The molecule has 2 rings (SSSR count). The summed E-state index contributed by atoms with van der Waals surface area (Å²) in [6, 6.07) is 2.79. The average molecular weight is 576 g/mol. The van der Waals surface area contributed by atoms with Crippen molar-refractivity contribution >= 4 is 34.8 Å². The monoisotopic (exact) mass is 576 g/mol. The lowest BCUT2D eigenvalue weighted by atomic mass is 9.89. The summed E-state index contributed by atoms with van der Waals surface area (Å²) in [5.74, 6) is 0.416. The molecular weight excluding hydrogens is 543 g/mol. The van der Waals surface area contributed by atoms with Crippen LogP contribution < -0.4 is 20.1 Å². The van der Waals surface area contributed by atoms with Crippen LogP contribution in [0, 0.1) is 3.57 Å². The summed E-state index contributed by atoms with van der Waals surface area (Å²) in [6.45, 7) is 5.09. The van der Waals surface area contributed by atoms with E-state index in [2.05, 4.69) is 10.6 Å². The van der Waals surface area contributed by atoms with Crippen molar-refractivity contribution in [3.8, 4) is 11.5 Å². The van der Waals surface area contributed by atoms with Crippen molar-refractivity contribution in [3.05, 3.63) is 32.9 Å². The summed E-state index contributed by atoms with van der Waals surface area (Å²) >= 11 is 2.04. The smallest absolute Gasteiger partial charge is 0.247 e. The van der Waals surface area contributed by atoms with E-state index in [1.807, 2.05) is 36.4 Å². The van der Waals surface area contributed by atoms with Gasteiger partial charge in [-0.3, -0.25) is 9.59 Å². The molecule has 33 heavy (non-hydrogen) atoms. The van der Waals surface area contributed by atoms with Crippen LogP contribution in [0.4, 0.5) is 0 Å². The normalized spacial score (nSPS) is 20.3. The average Bonchev–Trinajstić information content (AvgIpc) is 2.79. The standard InChI is InChI=1S/C23H33IN2O7/c1-14(2)32-8-4-5-25-18-11-16(23(30)26-6-7-27)12-19(21(18)29)33-22-17(24)9-15(13-28)10-20(22)31-3/h9-10,12-14,18-19,21,25,27,29H,4-8,11H2,1-3H3,(H,26,30)/t18-,19+,21+/m1/s1. The Morgan fingerprint density at radius 1 is 1.33 bits per heavy atom. The van der Waals surface area contributed by atoms with Crippen molar-refractivity contribution < 1.29 is 34.0 Å². The number of ether oxygens (including phenoxy) is 3. The molecule has 0 unspecified atom stereocenters. The highest BCUT2D eigenvalue weighted by molar-refractivity contribution is 14.1. The first-order valence-electron chi connectivity index (χ1n) is 10.9. The first-order chi connectivity index (χ1) is 15.8. The van der Waals surface area contributed by atoms with E-state index in [-0.39, 0.29) is 25.2 Å². The molecule has 1 amide bonds. The molecule has 0 spiro atoms. The number of aliphatic hydroxyl groups is 2. The molecule has 0 saturated heterocycles. The molecule has 1 aliphatic carbocycles. The number of hydrogen-bond acceptors (Lipinski definition) is 8. The number of halogens is 1. The molecule has 0 bridgehead atoms. The van der Waals surface area contributed by atoms with Crippen molar-refractivity contribution in [1.29, 1.82) is 0 Å². The number of benzene rings is 1. The maximum atomic E-state index is 12.6. The predicted octanol–water partition coefficient (Wildman–Crippen LogP) is 1.43. The van der Waals surface area contributed by atoms with Crippen LogP contribution in [0.15, 0.2) is 23.8 Å². The molecule has 0 radical (unpaired) electrons. The molecule has 0 heterocycles. The number of nitrogens with one attached hydrogen (secondary N) is 2. The van der Waals surface area contributed by atoms with Gasteiger partial charge in [0.1, 0.15) is 18.5 Å². The molecule has 0 aliphatic heterocycles. The van der Waals surface area contributed by atoms with Gasteiger partial charge in [0.05, 0.1) is 23.4 Å². The lowest BCUT2D eigenvalue weighted by Gasteiger charge is -2.34. The minimum atomic E-state index is -0.934. The summed E-state index contributed by atoms with van der Waals surface area (Å²) < 4.78 is 17.7. The zero-order valence-electron chi connectivity index (χ0n) is 19.2. The van der Waals surface area contributed by atoms with E-state index in [1.54, 1.807) is 18.2 Å². The third-order valence-corrected chi connectivity index (χ3v) is 5.87. The van der Waals surface area contributed by atoms with Gasteiger partial charge in [-0.05, 0) is 74.0 Å². The molecule has 184 valence electrons. The van der Waals surface area contributed by atoms with Crippen LogP contribution in [0.3, 0.4) is 0 Å². The highest BCUT2D eigenvalue weighted by atomic mass is 127. The Hall–Kier alpha value is -1.73. The molecule has 0 saturated carbocycles. The number of aldehydes is 1. The van der Waals surface area contributed by atoms with Gasteiger partial charge in [-0.25, -0.2) is 0 Å². The van der Waals surface area contributed by atoms with Crippen LogP contribution in [-0.2, 0) is 9.53 Å². The van der Waals surface area contributed by atoms with Crippen molar-refractivity contribution in [2.24, 2.45) is 0 Å². The second-order valence-electron chi connectivity index (χ2n) is 7.93. The van der Waals surface area contributed by atoms with Crippen LogP contribution in [-0.4, -0.2) is 80.2 Å². The number of methoxy groups -OCH3 is 1. The van der Waals surface area contributed by atoms with Crippen molar-refractivity contribution in [3.63, 3.8) is 0 Å². The fourth-order valence-electron chi connectivity index (χ4n) is 3.44. The molecule has 1 aliphatic rings. The second kappa shape index (κ2) is 13.9. The number of aliphatic hydroxyl groups excluding tert-OH is 2. The SMILES string of the molecule is COc1cc(C=O)cc(I)c1O[C@H]1C=C(C(=O)NCCO)C[C@@H](NCCCOC(C)C)[C@@H]1O. The molecular formula is C23H33IN2O7. The number of rotatable bonds is 13. The van der Waals surface area contributed by atoms with Gasteiger partial charge in [-0.2, -0.15) is 0 Å². The first-order valence-corrected chi connectivity index (χ1v) is 12.0. The van der Waals surface area contributed by atoms with Crippen LogP contribution in [0.1, 0.15) is 37.0 Å². The van der Waals surface area contributed by atoms with Gasteiger partial charge in [0.25, 0.3) is 0 Å². The summed E-state index contributed by atoms with van der Waals surface area (Å²) in [5.41, 5.74) is 0.892. The second-order valence-corrected chi connectivity index (χ2v) is 9.10. The van der Waals surface area contributed by atoms with E-state index in [4.69, 9.17) is 19.3 Å². The minimum Gasteiger partial charge on any atom is -0.493 e. The maximum absolute atomic E-state index is 12.6. The van der Waals surface area contributed by atoms with Crippen LogP contribution in [0.25, 0.3) is 0 Å². The Balaban J connectivity index is 2.22. The largest absolute Gasteiger partial charge is 0.493 e. The number of amides is 1. The molecule has 0 aromatic heterocycles. The maximum Gasteiger partial charge on any atom is 0.247 e. The van der Waals surface area contributed by atoms with Crippen molar-refractivity contribution in [2.75, 3.05) is 33.4 Å². The molecule has 0 fully saturated rings. The Bertz CT molecular complexity index is 831. The van der Waals surface area contributed by atoms with Gasteiger partial charge >= 0.3 is 0 Å². The highest BCUT2D eigenvalue weighted by Crippen LogP contribution is 2.36. The summed E-state index contributed by atoms with van der Waals surface area (Å²) in [7, 11) is 1.47. The van der Waals surface area contributed by atoms with Gasteiger partial charge < -0.3 is 35.1 Å². The Kier molecular flexibility index (Phi) is 11.5. The Morgan fingerprint density at radius 2 is 2.09 bits per heavy atom. The highest BCUT2D eigenvalue weighted by Gasteiger charge is 2.36. The lowest BCUT2D eigenvalue weighted by Crippen LogP contribution is -2.52. The number of carbonyl (C=O) groups is 2. The van der Waals surface area contributed by atoms with Gasteiger partial charge in [-0.1, -0.05) is 0 Å². The first kappa shape index (κ1) is 27.5. The summed E-state index contributed by atoms with van der Waals surface area (Å²) in [4.78, 5) is 23.8. The van der Waals surface area contributed by atoms with E-state index in [9.17, 15) is 14.7 Å². The van der Waals surface area contributed by atoms with Crippen LogP contribution >= 0.6 is 22.6 Å². The van der Waals surface area contributed by atoms with Crippen molar-refractivity contribution in [1.82, 2.24) is 10.6 Å². The molecule has 9 nitrogen and oxygen atoms in total. The van der Waals surface area contributed by atoms with E-state index >= 15 is 0 Å². The molecule has 1 aromatic carbocycles. The molecule has 1 aromatic rings. The van der Waals surface area contributed by atoms with Gasteiger partial charge in [-0.15, -0.1) is 0 Å². The Morgan fingerprint density at radius 3 is 2.73 bits per heavy atom. The molecule has 4 N–H and O–H groups in total. The van der Waals surface area contributed by atoms with E-state index in [0.717, 1.165) is 12.7 Å². The summed E-state index contributed by atoms with van der Waals surface area (Å²) in [5, 5.41) is 26.0. The number of carbonyl (C=O) groups excluding carboxylic acids is 2. The van der Waals surface area contributed by atoms with Gasteiger partial charge in [0.2, 0.25) is 5.91 Å². The van der Waals surface area contributed by atoms with E-state index in [0.29, 0.717) is 45.8 Å². The zero-order valence-corrected chi connectivity index (χ0v) is 21.3. The molecule has 3 atom stereocenters. The van der Waals surface area contributed by atoms with Gasteiger partial charge in [0, 0.05) is 30.3 Å². The predicted molar refractivity (Wildman–Crippen MR) is 132 cm³/mol. The van der Waals surface area contributed by atoms with Crippen molar-refractivity contribution in [2.45, 2.75) is 51.0 Å². The van der Waals surface area contributed by atoms with Crippen LogP contribution in [0.5, 0.6) is 11.5 Å². The zero-order chi connectivity index (χ0) is 24.4. The van der Waals surface area contributed by atoms with E-state index in [1.165, 1.54) is 7.11 Å². The quantitative estimate of drug-likeness (QED) is 0.158. The third-order valence-electron chi connectivity index (χ3n) is 5.06. The third kappa shape index (κ3) is 8.21.